The Kier molecular flexibility index (Phi) is 6.48. The van der Waals surface area contributed by atoms with Crippen LogP contribution in [-0.2, 0) is 13.1 Å². The van der Waals surface area contributed by atoms with Gasteiger partial charge in [-0.3, -0.25) is 0 Å². The van der Waals surface area contributed by atoms with Crippen molar-refractivity contribution in [3.05, 3.63) is 53.1 Å². The number of H-pyrrole nitrogens is 1. The average molecular weight is 437 g/mol. The second-order valence-corrected chi connectivity index (χ2v) is 8.14. The molecule has 0 bridgehead atoms. The second-order valence-electron chi connectivity index (χ2n) is 7.75. The van der Waals surface area contributed by atoms with E-state index in [1.807, 2.05) is 18.2 Å². The number of hydrogen-bond donors (Lipinski definition) is 2. The SMILES string of the molecule is CCn1c(=S)[nH]c2cc3c(NCc4ccccc4OCCCN(C)C)ncnc3cc21. The lowest BCUT2D eigenvalue weighted by Crippen LogP contribution is -2.16. The summed E-state index contributed by atoms with van der Waals surface area (Å²) < 4.78 is 8.82. The Bertz CT molecular complexity index is 1250. The first kappa shape index (κ1) is 21.3. The van der Waals surface area contributed by atoms with Gasteiger partial charge >= 0.3 is 0 Å². The van der Waals surface area contributed by atoms with E-state index in [0.717, 1.165) is 63.3 Å². The van der Waals surface area contributed by atoms with E-state index in [-0.39, 0.29) is 0 Å². The number of anilines is 1. The van der Waals surface area contributed by atoms with Crippen molar-refractivity contribution >= 4 is 40.0 Å². The van der Waals surface area contributed by atoms with Crippen LogP contribution in [0.25, 0.3) is 21.9 Å². The summed E-state index contributed by atoms with van der Waals surface area (Å²) in [6.07, 6.45) is 2.58. The highest BCUT2D eigenvalue weighted by molar-refractivity contribution is 7.71. The molecule has 0 spiro atoms. The number of aromatic nitrogens is 4. The van der Waals surface area contributed by atoms with E-state index in [1.165, 1.54) is 0 Å². The molecule has 0 aliphatic heterocycles. The zero-order valence-corrected chi connectivity index (χ0v) is 19.0. The predicted octanol–water partition coefficient (Wildman–Crippen LogP) is 4.60. The standard InChI is InChI=1S/C23H28N6OS/c1-4-29-20-13-18-17(12-19(20)27-23(29)31)22(26-15-25-18)24-14-16-8-5-6-9-21(16)30-11-7-10-28(2)3/h5-6,8-9,12-13,15H,4,7,10-11,14H2,1-3H3,(H,27,31)(H,24,25,26). The predicted molar refractivity (Wildman–Crippen MR) is 128 cm³/mol. The monoisotopic (exact) mass is 436 g/mol. The maximum absolute atomic E-state index is 6.03. The number of fused-ring (bicyclic) bond motifs is 2. The van der Waals surface area contributed by atoms with Crippen LogP contribution in [0.1, 0.15) is 18.9 Å². The number of para-hydroxylation sites is 1. The number of nitrogens with zero attached hydrogens (tertiary/aromatic N) is 4. The van der Waals surface area contributed by atoms with Gasteiger partial charge in [0.1, 0.15) is 17.9 Å². The summed E-state index contributed by atoms with van der Waals surface area (Å²) in [7, 11) is 4.14. The second kappa shape index (κ2) is 9.45. The topological polar surface area (TPSA) is 71.0 Å². The molecule has 2 heterocycles. The highest BCUT2D eigenvalue weighted by atomic mass is 32.1. The molecule has 2 aromatic heterocycles. The Labute approximate surface area is 187 Å². The third kappa shape index (κ3) is 4.70. The van der Waals surface area contributed by atoms with Crippen LogP contribution in [0.15, 0.2) is 42.7 Å². The molecule has 4 aromatic rings. The van der Waals surface area contributed by atoms with Gasteiger partial charge in [0.2, 0.25) is 0 Å². The molecule has 0 saturated heterocycles. The van der Waals surface area contributed by atoms with E-state index in [4.69, 9.17) is 17.0 Å². The first-order chi connectivity index (χ1) is 15.1. The van der Waals surface area contributed by atoms with Crippen molar-refractivity contribution < 1.29 is 4.74 Å². The van der Waals surface area contributed by atoms with E-state index >= 15 is 0 Å². The Morgan fingerprint density at radius 1 is 1.19 bits per heavy atom. The van der Waals surface area contributed by atoms with E-state index in [9.17, 15) is 0 Å². The summed E-state index contributed by atoms with van der Waals surface area (Å²) in [5.74, 6) is 1.69. The molecule has 0 radical (unpaired) electrons. The number of aryl methyl sites for hydroxylation is 1. The van der Waals surface area contributed by atoms with E-state index in [2.05, 4.69) is 69.0 Å². The molecule has 0 unspecified atom stereocenters. The number of rotatable bonds is 9. The largest absolute Gasteiger partial charge is 0.493 e. The van der Waals surface area contributed by atoms with Crippen LogP contribution in [0.4, 0.5) is 5.82 Å². The summed E-state index contributed by atoms with van der Waals surface area (Å²) in [6, 6.07) is 12.3. The van der Waals surface area contributed by atoms with Gasteiger partial charge in [-0.15, -0.1) is 0 Å². The average Bonchev–Trinajstić information content (AvgIpc) is 3.08. The van der Waals surface area contributed by atoms with Crippen molar-refractivity contribution in [3.8, 4) is 5.75 Å². The van der Waals surface area contributed by atoms with Crippen molar-refractivity contribution in [1.82, 2.24) is 24.4 Å². The van der Waals surface area contributed by atoms with Gasteiger partial charge in [-0.1, -0.05) is 18.2 Å². The maximum Gasteiger partial charge on any atom is 0.178 e. The summed E-state index contributed by atoms with van der Waals surface area (Å²) >= 11 is 5.45. The molecular weight excluding hydrogens is 408 g/mol. The molecule has 0 fully saturated rings. The van der Waals surface area contributed by atoms with Gasteiger partial charge in [-0.05, 0) is 57.9 Å². The van der Waals surface area contributed by atoms with Gasteiger partial charge in [0.25, 0.3) is 0 Å². The van der Waals surface area contributed by atoms with Crippen LogP contribution in [0.5, 0.6) is 5.75 Å². The van der Waals surface area contributed by atoms with Gasteiger partial charge in [-0.25, -0.2) is 9.97 Å². The number of hydrogen-bond acceptors (Lipinski definition) is 6. The van der Waals surface area contributed by atoms with Crippen molar-refractivity contribution in [1.29, 1.82) is 0 Å². The molecule has 0 atom stereocenters. The third-order valence-electron chi connectivity index (χ3n) is 5.27. The Morgan fingerprint density at radius 3 is 2.84 bits per heavy atom. The molecule has 8 heteroatoms. The number of ether oxygens (including phenoxy) is 1. The van der Waals surface area contributed by atoms with E-state index in [1.54, 1.807) is 6.33 Å². The minimum Gasteiger partial charge on any atom is -0.493 e. The van der Waals surface area contributed by atoms with Crippen molar-refractivity contribution in [3.63, 3.8) is 0 Å². The molecule has 0 saturated carbocycles. The van der Waals surface area contributed by atoms with Gasteiger partial charge in [0.15, 0.2) is 4.77 Å². The molecular formula is C23H28N6OS. The molecule has 7 nitrogen and oxygen atoms in total. The van der Waals surface area contributed by atoms with Crippen LogP contribution >= 0.6 is 12.2 Å². The fraction of sp³-hybridized carbons (Fsp3) is 0.348. The fourth-order valence-electron chi connectivity index (χ4n) is 3.69. The van der Waals surface area contributed by atoms with Crippen molar-refractivity contribution in [2.24, 2.45) is 0 Å². The van der Waals surface area contributed by atoms with Gasteiger partial charge in [0, 0.05) is 30.6 Å². The number of imidazole rings is 1. The van der Waals surface area contributed by atoms with Crippen LogP contribution in [-0.4, -0.2) is 51.7 Å². The fourth-order valence-corrected chi connectivity index (χ4v) is 4.03. The normalized spacial score (nSPS) is 11.5. The van der Waals surface area contributed by atoms with Gasteiger partial charge in [0.05, 0.1) is 23.2 Å². The van der Waals surface area contributed by atoms with E-state index < -0.39 is 0 Å². The van der Waals surface area contributed by atoms with Gasteiger partial charge < -0.3 is 24.5 Å². The molecule has 0 aliphatic rings. The first-order valence-corrected chi connectivity index (χ1v) is 10.9. The van der Waals surface area contributed by atoms with Gasteiger partial charge in [-0.2, -0.15) is 0 Å². The highest BCUT2D eigenvalue weighted by Crippen LogP contribution is 2.27. The Morgan fingerprint density at radius 2 is 2.03 bits per heavy atom. The smallest absolute Gasteiger partial charge is 0.178 e. The lowest BCUT2D eigenvalue weighted by Gasteiger charge is -2.14. The Hall–Kier alpha value is -2.97. The lowest BCUT2D eigenvalue weighted by atomic mass is 10.1. The summed E-state index contributed by atoms with van der Waals surface area (Å²) in [5, 5.41) is 4.42. The zero-order chi connectivity index (χ0) is 21.8. The lowest BCUT2D eigenvalue weighted by molar-refractivity contribution is 0.279. The summed E-state index contributed by atoms with van der Waals surface area (Å²) in [4.78, 5) is 14.4. The van der Waals surface area contributed by atoms with Crippen molar-refractivity contribution in [2.45, 2.75) is 26.4 Å². The Balaban J connectivity index is 1.56. The van der Waals surface area contributed by atoms with E-state index in [0.29, 0.717) is 13.2 Å². The van der Waals surface area contributed by atoms with Crippen molar-refractivity contribution in [2.75, 3.05) is 32.6 Å². The summed E-state index contributed by atoms with van der Waals surface area (Å²) in [5.41, 5.74) is 4.02. The van der Waals surface area contributed by atoms with Crippen LogP contribution < -0.4 is 10.1 Å². The number of aromatic amines is 1. The minimum atomic E-state index is 0.611. The minimum absolute atomic E-state index is 0.611. The maximum atomic E-state index is 6.03. The van der Waals surface area contributed by atoms with Crippen LogP contribution in [0.2, 0.25) is 0 Å². The molecule has 2 aromatic carbocycles. The number of nitrogens with one attached hydrogen (secondary N) is 2. The molecule has 31 heavy (non-hydrogen) atoms. The molecule has 0 aliphatic carbocycles. The third-order valence-corrected chi connectivity index (χ3v) is 5.60. The molecule has 4 rings (SSSR count). The molecule has 0 amide bonds. The first-order valence-electron chi connectivity index (χ1n) is 10.5. The zero-order valence-electron chi connectivity index (χ0n) is 18.2. The molecule has 2 N–H and O–H groups in total. The highest BCUT2D eigenvalue weighted by Gasteiger charge is 2.11. The van der Waals surface area contributed by atoms with Crippen LogP contribution in [0, 0.1) is 4.77 Å². The quantitative estimate of drug-likeness (QED) is 0.295. The van der Waals surface area contributed by atoms with Crippen LogP contribution in [0.3, 0.4) is 0 Å². The number of benzene rings is 2. The summed E-state index contributed by atoms with van der Waals surface area (Å²) in [6.45, 7) is 5.20. The molecule has 162 valence electrons.